The Bertz CT molecular complexity index is 1300. The number of nitrogens with one attached hydrogen (secondary N) is 1. The Morgan fingerprint density at radius 3 is 2.63 bits per heavy atom. The second-order valence-electron chi connectivity index (χ2n) is 6.29. The summed E-state index contributed by atoms with van der Waals surface area (Å²) in [4.78, 5) is 30.8. The van der Waals surface area contributed by atoms with E-state index < -0.39 is 11.5 Å². The molecular weight excluding hydrogens is 451 g/mol. The zero-order valence-electron chi connectivity index (χ0n) is 15.5. The number of hydrogen-bond donors (Lipinski definition) is 2. The fourth-order valence-electron chi connectivity index (χ4n) is 3.12. The van der Waals surface area contributed by atoms with Crippen LogP contribution in [-0.4, -0.2) is 40.6 Å². The molecule has 0 saturated carbocycles. The number of H-pyrrole nitrogens is 1. The minimum absolute atomic E-state index is 0. The third-order valence-electron chi connectivity index (χ3n) is 4.50. The van der Waals surface area contributed by atoms with Gasteiger partial charge in [-0.15, -0.1) is 0 Å². The van der Waals surface area contributed by atoms with Crippen molar-refractivity contribution in [2.24, 2.45) is 0 Å². The third-order valence-corrected chi connectivity index (χ3v) is 5.24. The molecule has 156 valence electrons. The minimum Gasteiger partial charge on any atom is -0.478 e. The number of carboxylic acids is 1. The third kappa shape index (κ3) is 3.81. The van der Waals surface area contributed by atoms with Gasteiger partial charge in [0.25, 0.3) is 5.56 Å². The van der Waals surface area contributed by atoms with Crippen LogP contribution in [0.3, 0.4) is 0 Å². The van der Waals surface area contributed by atoms with Crippen molar-refractivity contribution in [2.75, 3.05) is 0 Å². The molecule has 0 aliphatic carbocycles. The fourth-order valence-corrected chi connectivity index (χ4v) is 3.43. The summed E-state index contributed by atoms with van der Waals surface area (Å²) in [7, 11) is 0. The smallest absolute Gasteiger partial charge is 0.338 e. The number of nitrogens with zero attached hydrogens (tertiary/aromatic N) is 5. The quantitative estimate of drug-likeness (QED) is 0.464. The summed E-state index contributed by atoms with van der Waals surface area (Å²) in [5, 5.41) is 18.2. The molecule has 0 aliphatic heterocycles. The van der Waals surface area contributed by atoms with E-state index in [0.717, 1.165) is 5.56 Å². The largest absolute Gasteiger partial charge is 0.478 e. The molecule has 2 N–H and O–H groups in total. The summed E-state index contributed by atoms with van der Waals surface area (Å²) >= 11 is 12.2. The lowest BCUT2D eigenvalue weighted by Gasteiger charge is -2.17. The van der Waals surface area contributed by atoms with E-state index in [1.165, 1.54) is 23.3 Å². The zero-order chi connectivity index (χ0) is 20.7. The van der Waals surface area contributed by atoms with Gasteiger partial charge in [-0.1, -0.05) is 36.2 Å². The summed E-state index contributed by atoms with van der Waals surface area (Å²) in [5.74, 6) is -1.03. The molecule has 12 heteroatoms. The highest BCUT2D eigenvalue weighted by molar-refractivity contribution is 7.59. The first-order valence-electron chi connectivity index (χ1n) is 8.60. The van der Waals surface area contributed by atoms with Gasteiger partial charge in [0.05, 0.1) is 34.0 Å². The van der Waals surface area contributed by atoms with E-state index in [1.54, 1.807) is 16.8 Å². The Morgan fingerprint density at radius 2 is 2.00 bits per heavy atom. The maximum atomic E-state index is 12.8. The van der Waals surface area contributed by atoms with E-state index in [2.05, 4.69) is 20.2 Å². The standard InChI is InChI=1S/C18H14Cl2N6O3.H2S/c1-2-14(9-3-4-11(19)12(20)5-9)26-15-13(7-22-26)23-18(24-16(15)27)25-8-10(6-21-25)17(28)29;/h3-8,14H,2H2,1H3,(H,28,29)(H,23,24,27);1H2/t14-;/m0./s1. The highest BCUT2D eigenvalue weighted by atomic mass is 35.5. The Hall–Kier alpha value is -2.82. The van der Waals surface area contributed by atoms with E-state index in [-0.39, 0.29) is 36.6 Å². The first-order chi connectivity index (χ1) is 13.9. The number of fused-ring (bicyclic) bond motifs is 1. The van der Waals surface area contributed by atoms with Crippen LogP contribution in [0.1, 0.15) is 35.3 Å². The van der Waals surface area contributed by atoms with E-state index in [4.69, 9.17) is 28.3 Å². The van der Waals surface area contributed by atoms with Crippen molar-refractivity contribution in [3.63, 3.8) is 0 Å². The van der Waals surface area contributed by atoms with Crippen LogP contribution >= 0.6 is 36.7 Å². The Labute approximate surface area is 186 Å². The van der Waals surface area contributed by atoms with Crippen LogP contribution in [0.4, 0.5) is 0 Å². The number of aromatic amines is 1. The Kier molecular flexibility index (Phi) is 6.20. The maximum absolute atomic E-state index is 12.8. The van der Waals surface area contributed by atoms with Crippen molar-refractivity contribution in [3.8, 4) is 5.95 Å². The molecule has 4 aromatic rings. The fraction of sp³-hybridized carbons (Fsp3) is 0.167. The SMILES string of the molecule is CC[C@@H](c1ccc(Cl)c(Cl)c1)n1ncc2nc(-n3cc(C(=O)O)cn3)[nH]c(=O)c21.S. The molecule has 4 rings (SSSR count). The van der Waals surface area contributed by atoms with Gasteiger partial charge < -0.3 is 5.11 Å². The Balaban J connectivity index is 0.00000256. The Morgan fingerprint density at radius 1 is 1.23 bits per heavy atom. The van der Waals surface area contributed by atoms with Crippen LogP contribution in [0.25, 0.3) is 17.0 Å². The van der Waals surface area contributed by atoms with Gasteiger partial charge in [-0.25, -0.2) is 14.5 Å². The number of rotatable bonds is 5. The topological polar surface area (TPSA) is 119 Å². The lowest BCUT2D eigenvalue weighted by atomic mass is 10.0. The van der Waals surface area contributed by atoms with Gasteiger partial charge in [-0.05, 0) is 24.1 Å². The predicted molar refractivity (Wildman–Crippen MR) is 118 cm³/mol. The highest BCUT2D eigenvalue weighted by Crippen LogP contribution is 2.30. The summed E-state index contributed by atoms with van der Waals surface area (Å²) in [5.41, 5.74) is 1.06. The molecule has 0 aliphatic rings. The summed E-state index contributed by atoms with van der Waals surface area (Å²) in [6.45, 7) is 1.97. The van der Waals surface area contributed by atoms with Crippen LogP contribution in [0.15, 0.2) is 41.6 Å². The molecule has 0 spiro atoms. The normalized spacial score (nSPS) is 12.0. The van der Waals surface area contributed by atoms with Gasteiger partial charge in [0.1, 0.15) is 5.52 Å². The molecular formula is C18H16Cl2N6O3S. The molecule has 0 bridgehead atoms. The van der Waals surface area contributed by atoms with Crippen LogP contribution in [0, 0.1) is 0 Å². The summed E-state index contributed by atoms with van der Waals surface area (Å²) in [6, 6.07) is 5.03. The second kappa shape index (κ2) is 8.50. The summed E-state index contributed by atoms with van der Waals surface area (Å²) in [6.07, 6.45) is 4.57. The van der Waals surface area contributed by atoms with Gasteiger partial charge in [-0.3, -0.25) is 14.5 Å². The van der Waals surface area contributed by atoms with Gasteiger partial charge in [0, 0.05) is 6.20 Å². The maximum Gasteiger partial charge on any atom is 0.338 e. The van der Waals surface area contributed by atoms with E-state index >= 15 is 0 Å². The van der Waals surface area contributed by atoms with Crippen molar-refractivity contribution in [1.29, 1.82) is 0 Å². The van der Waals surface area contributed by atoms with E-state index in [1.807, 2.05) is 13.0 Å². The van der Waals surface area contributed by atoms with Crippen LogP contribution in [0.2, 0.25) is 10.0 Å². The van der Waals surface area contributed by atoms with Crippen molar-refractivity contribution in [1.82, 2.24) is 29.5 Å². The molecule has 0 radical (unpaired) electrons. The molecule has 0 unspecified atom stereocenters. The van der Waals surface area contributed by atoms with Gasteiger partial charge in [0.15, 0.2) is 5.52 Å². The highest BCUT2D eigenvalue weighted by Gasteiger charge is 2.20. The zero-order valence-corrected chi connectivity index (χ0v) is 18.0. The average Bonchev–Trinajstić information content (AvgIpc) is 3.33. The van der Waals surface area contributed by atoms with Crippen LogP contribution < -0.4 is 5.56 Å². The first-order valence-corrected chi connectivity index (χ1v) is 9.35. The van der Waals surface area contributed by atoms with E-state index in [0.29, 0.717) is 22.0 Å². The van der Waals surface area contributed by atoms with Crippen molar-refractivity contribution in [2.45, 2.75) is 19.4 Å². The lowest BCUT2D eigenvalue weighted by molar-refractivity contribution is 0.0697. The van der Waals surface area contributed by atoms with E-state index in [9.17, 15) is 9.59 Å². The molecule has 0 fully saturated rings. The molecule has 0 saturated heterocycles. The second-order valence-corrected chi connectivity index (χ2v) is 7.10. The number of carboxylic acid groups (broad SMARTS) is 1. The minimum atomic E-state index is -1.13. The number of halogens is 2. The average molecular weight is 467 g/mol. The number of benzene rings is 1. The molecule has 3 heterocycles. The first kappa shape index (κ1) is 21.9. The van der Waals surface area contributed by atoms with Gasteiger partial charge >= 0.3 is 5.97 Å². The van der Waals surface area contributed by atoms with Crippen LogP contribution in [0.5, 0.6) is 0 Å². The van der Waals surface area contributed by atoms with Crippen molar-refractivity contribution < 1.29 is 9.90 Å². The number of aromatic carboxylic acids is 1. The predicted octanol–water partition coefficient (Wildman–Crippen LogP) is 3.42. The van der Waals surface area contributed by atoms with Crippen molar-refractivity contribution >= 4 is 53.7 Å². The monoisotopic (exact) mass is 466 g/mol. The number of aromatic nitrogens is 6. The molecule has 1 aromatic carbocycles. The molecule has 0 amide bonds. The molecule has 1 atom stereocenters. The summed E-state index contributed by atoms with van der Waals surface area (Å²) < 4.78 is 2.79. The number of hydrogen-bond acceptors (Lipinski definition) is 5. The van der Waals surface area contributed by atoms with Crippen molar-refractivity contribution in [3.05, 3.63) is 68.3 Å². The molecule has 30 heavy (non-hydrogen) atoms. The molecule has 9 nitrogen and oxygen atoms in total. The molecule has 3 aromatic heterocycles. The number of carbonyl (C=O) groups is 1. The lowest BCUT2D eigenvalue weighted by Crippen LogP contribution is -2.20. The van der Waals surface area contributed by atoms with Gasteiger partial charge in [0.2, 0.25) is 5.95 Å². The van der Waals surface area contributed by atoms with Gasteiger partial charge in [-0.2, -0.15) is 23.7 Å². The van der Waals surface area contributed by atoms with Crippen LogP contribution in [-0.2, 0) is 0 Å².